The number of rotatable bonds is 1. The van der Waals surface area contributed by atoms with Crippen LogP contribution in [0.25, 0.3) is 0 Å². The summed E-state index contributed by atoms with van der Waals surface area (Å²) in [7, 11) is 0. The maximum absolute atomic E-state index is 10.3. The first-order valence-electron chi connectivity index (χ1n) is 5.68. The van der Waals surface area contributed by atoms with Crippen LogP contribution >= 0.6 is 15.9 Å². The molecule has 92 valence electrons. The number of phenols is 1. The highest BCUT2D eigenvalue weighted by Crippen LogP contribution is 2.51. The van der Waals surface area contributed by atoms with Crippen molar-refractivity contribution < 1.29 is 14.6 Å². The van der Waals surface area contributed by atoms with Gasteiger partial charge in [0.15, 0.2) is 11.5 Å². The summed E-state index contributed by atoms with van der Waals surface area (Å²) in [5.74, 6) is 1.60. The lowest BCUT2D eigenvalue weighted by atomic mass is 9.88. The number of nitrogens with one attached hydrogen (secondary N) is 1. The van der Waals surface area contributed by atoms with Crippen LogP contribution in [-0.4, -0.2) is 18.4 Å². The Kier molecular flexibility index (Phi) is 2.48. The summed E-state index contributed by atoms with van der Waals surface area (Å²) in [5.41, 5.74) is 0.558. The Morgan fingerprint density at radius 3 is 3.00 bits per heavy atom. The van der Waals surface area contributed by atoms with E-state index in [1.807, 2.05) is 0 Å². The minimum atomic E-state index is -0.244. The summed E-state index contributed by atoms with van der Waals surface area (Å²) in [4.78, 5) is 0. The van der Waals surface area contributed by atoms with Gasteiger partial charge in [0.25, 0.3) is 0 Å². The van der Waals surface area contributed by atoms with E-state index in [1.165, 1.54) is 0 Å². The summed E-state index contributed by atoms with van der Waals surface area (Å²) in [5, 5.41) is 13.7. The van der Waals surface area contributed by atoms with Gasteiger partial charge < -0.3 is 19.9 Å². The zero-order valence-corrected chi connectivity index (χ0v) is 11.1. The van der Waals surface area contributed by atoms with Gasteiger partial charge in [0.05, 0.1) is 10.0 Å². The van der Waals surface area contributed by atoms with Crippen molar-refractivity contribution in [3.8, 4) is 17.2 Å². The predicted molar refractivity (Wildman–Crippen MR) is 66.5 cm³/mol. The van der Waals surface area contributed by atoms with Crippen molar-refractivity contribution in [1.29, 1.82) is 0 Å². The second kappa shape index (κ2) is 3.78. The van der Waals surface area contributed by atoms with Crippen molar-refractivity contribution in [3.63, 3.8) is 0 Å². The second-order valence-corrected chi connectivity index (χ2v) is 5.53. The van der Waals surface area contributed by atoms with Crippen LogP contribution in [0.15, 0.2) is 10.5 Å². The largest absolute Gasteiger partial charge is 0.506 e. The van der Waals surface area contributed by atoms with Crippen molar-refractivity contribution in [2.75, 3.05) is 13.3 Å². The molecule has 1 unspecified atom stereocenters. The van der Waals surface area contributed by atoms with E-state index in [4.69, 9.17) is 9.47 Å². The Hall–Kier alpha value is -0.940. The van der Waals surface area contributed by atoms with E-state index in [9.17, 15) is 5.11 Å². The number of hydrogen-bond donors (Lipinski definition) is 2. The highest BCUT2D eigenvalue weighted by Gasteiger charge is 2.39. The van der Waals surface area contributed by atoms with E-state index < -0.39 is 0 Å². The lowest BCUT2D eigenvalue weighted by Crippen LogP contribution is -2.33. The standard InChI is InChI=1S/C12H14BrNO3/c1-12(3-2-4-14-12)9-10(15)7(13)5-8-11(9)17-6-16-8/h5,14-15H,2-4,6H2,1H3. The minimum Gasteiger partial charge on any atom is -0.506 e. The van der Waals surface area contributed by atoms with Gasteiger partial charge in [-0.3, -0.25) is 0 Å². The Balaban J connectivity index is 2.21. The third-order valence-electron chi connectivity index (χ3n) is 3.51. The van der Waals surface area contributed by atoms with E-state index in [0.717, 1.165) is 24.9 Å². The fourth-order valence-electron chi connectivity index (χ4n) is 2.62. The molecule has 3 rings (SSSR count). The fourth-order valence-corrected chi connectivity index (χ4v) is 3.03. The van der Waals surface area contributed by atoms with Crippen LogP contribution in [0, 0.1) is 0 Å². The Bertz CT molecular complexity index is 469. The van der Waals surface area contributed by atoms with Gasteiger partial charge in [-0.2, -0.15) is 0 Å². The smallest absolute Gasteiger partial charge is 0.231 e. The molecule has 0 aliphatic carbocycles. The van der Waals surface area contributed by atoms with Gasteiger partial charge in [-0.15, -0.1) is 0 Å². The molecule has 1 atom stereocenters. The summed E-state index contributed by atoms with van der Waals surface area (Å²) in [6, 6.07) is 1.75. The normalized spacial score (nSPS) is 26.5. The first-order chi connectivity index (χ1) is 8.12. The van der Waals surface area contributed by atoms with Crippen molar-refractivity contribution >= 4 is 15.9 Å². The van der Waals surface area contributed by atoms with E-state index in [0.29, 0.717) is 16.0 Å². The Morgan fingerprint density at radius 1 is 1.47 bits per heavy atom. The maximum atomic E-state index is 10.3. The number of ether oxygens (including phenoxy) is 2. The second-order valence-electron chi connectivity index (χ2n) is 4.68. The maximum Gasteiger partial charge on any atom is 0.231 e. The van der Waals surface area contributed by atoms with E-state index >= 15 is 0 Å². The molecule has 0 aromatic heterocycles. The molecule has 0 amide bonds. The molecule has 17 heavy (non-hydrogen) atoms. The van der Waals surface area contributed by atoms with Crippen LogP contribution in [0.3, 0.4) is 0 Å². The number of hydrogen-bond acceptors (Lipinski definition) is 4. The van der Waals surface area contributed by atoms with E-state index in [1.54, 1.807) is 6.07 Å². The van der Waals surface area contributed by atoms with Gasteiger partial charge in [0.2, 0.25) is 6.79 Å². The van der Waals surface area contributed by atoms with Gasteiger partial charge in [-0.05, 0) is 42.2 Å². The van der Waals surface area contributed by atoms with Gasteiger partial charge in [-0.1, -0.05) is 0 Å². The molecular formula is C12H14BrNO3. The number of aromatic hydroxyl groups is 1. The van der Waals surface area contributed by atoms with Crippen molar-refractivity contribution in [3.05, 3.63) is 16.1 Å². The molecule has 5 heteroatoms. The van der Waals surface area contributed by atoms with Gasteiger partial charge >= 0.3 is 0 Å². The SMILES string of the molecule is CC1(c2c(O)c(Br)cc3c2OCO3)CCCN1. The summed E-state index contributed by atoms with van der Waals surface area (Å²) in [6.45, 7) is 3.26. The molecule has 0 bridgehead atoms. The first-order valence-corrected chi connectivity index (χ1v) is 6.48. The average molecular weight is 300 g/mol. The van der Waals surface area contributed by atoms with Crippen LogP contribution in [0.5, 0.6) is 17.2 Å². The third kappa shape index (κ3) is 1.60. The predicted octanol–water partition coefficient (Wildman–Crippen LogP) is 2.48. The van der Waals surface area contributed by atoms with Crippen LogP contribution in [0.1, 0.15) is 25.3 Å². The quantitative estimate of drug-likeness (QED) is 0.836. The van der Waals surface area contributed by atoms with Crippen LogP contribution in [0.4, 0.5) is 0 Å². The summed E-state index contributed by atoms with van der Waals surface area (Å²) < 4.78 is 11.5. The molecule has 0 spiro atoms. The summed E-state index contributed by atoms with van der Waals surface area (Å²) >= 11 is 3.36. The third-order valence-corrected chi connectivity index (χ3v) is 4.11. The molecule has 1 aromatic rings. The molecule has 2 N–H and O–H groups in total. The van der Waals surface area contributed by atoms with E-state index in [-0.39, 0.29) is 18.1 Å². The number of halogens is 1. The van der Waals surface area contributed by atoms with Crippen LogP contribution in [-0.2, 0) is 5.54 Å². The Morgan fingerprint density at radius 2 is 2.29 bits per heavy atom. The number of fused-ring (bicyclic) bond motifs is 1. The topological polar surface area (TPSA) is 50.7 Å². The Labute approximate surface area is 108 Å². The van der Waals surface area contributed by atoms with Crippen LogP contribution < -0.4 is 14.8 Å². The van der Waals surface area contributed by atoms with Gasteiger partial charge in [-0.25, -0.2) is 0 Å². The fraction of sp³-hybridized carbons (Fsp3) is 0.500. The highest BCUT2D eigenvalue weighted by molar-refractivity contribution is 9.10. The van der Waals surface area contributed by atoms with Crippen molar-refractivity contribution in [2.24, 2.45) is 0 Å². The lowest BCUT2D eigenvalue weighted by Gasteiger charge is -2.27. The molecule has 2 heterocycles. The number of phenolic OH excluding ortho intramolecular Hbond substituents is 1. The molecule has 1 fully saturated rings. The minimum absolute atomic E-state index is 0.217. The zero-order valence-electron chi connectivity index (χ0n) is 9.55. The molecule has 4 nitrogen and oxygen atoms in total. The van der Waals surface area contributed by atoms with Gasteiger partial charge in [0.1, 0.15) is 5.75 Å². The molecule has 0 saturated carbocycles. The first kappa shape index (κ1) is 11.2. The molecule has 2 aliphatic rings. The number of benzene rings is 1. The zero-order chi connectivity index (χ0) is 12.0. The molecule has 2 aliphatic heterocycles. The molecule has 1 aromatic carbocycles. The lowest BCUT2D eigenvalue weighted by molar-refractivity contribution is 0.171. The highest BCUT2D eigenvalue weighted by atomic mass is 79.9. The molecule has 0 radical (unpaired) electrons. The monoisotopic (exact) mass is 299 g/mol. The molecule has 1 saturated heterocycles. The van der Waals surface area contributed by atoms with Gasteiger partial charge in [0, 0.05) is 11.6 Å². The average Bonchev–Trinajstić information content (AvgIpc) is 2.89. The van der Waals surface area contributed by atoms with Crippen molar-refractivity contribution in [2.45, 2.75) is 25.3 Å². The van der Waals surface area contributed by atoms with Crippen molar-refractivity contribution in [1.82, 2.24) is 5.32 Å². The van der Waals surface area contributed by atoms with Crippen LogP contribution in [0.2, 0.25) is 0 Å². The molecular weight excluding hydrogens is 286 g/mol. The van der Waals surface area contributed by atoms with E-state index in [2.05, 4.69) is 28.2 Å². The summed E-state index contributed by atoms with van der Waals surface area (Å²) in [6.07, 6.45) is 2.07.